The highest BCUT2D eigenvalue weighted by Gasteiger charge is 2.51. The molecular weight excluding hydrogens is 370 g/mol. The predicted molar refractivity (Wildman–Crippen MR) is 137 cm³/mol. The molecule has 31 heavy (non-hydrogen) atoms. The number of hydrogen-bond donors (Lipinski definition) is 0. The summed E-state index contributed by atoms with van der Waals surface area (Å²) in [6.45, 7) is 10.2. The van der Waals surface area contributed by atoms with Crippen molar-refractivity contribution in [3.8, 4) is 22.3 Å². The van der Waals surface area contributed by atoms with Crippen LogP contribution in [0.2, 0.25) is 27.3 Å². The maximum atomic E-state index is 2.44. The maximum absolute atomic E-state index is 2.44. The molecule has 4 aromatic carbocycles. The molecule has 1 spiro atoms. The molecule has 2 aliphatic rings. The molecule has 0 N–H and O–H groups in total. The van der Waals surface area contributed by atoms with Crippen LogP contribution in [-0.4, -0.2) is 13.4 Å². The fourth-order valence-electron chi connectivity index (χ4n) is 5.90. The van der Waals surface area contributed by atoms with Crippen molar-refractivity contribution >= 4 is 24.4 Å². The van der Waals surface area contributed by atoms with Crippen LogP contribution in [-0.2, 0) is 5.41 Å². The van der Waals surface area contributed by atoms with Crippen molar-refractivity contribution in [1.29, 1.82) is 0 Å². The van der Waals surface area contributed by atoms with Gasteiger partial charge in [-0.15, -0.1) is 0 Å². The van der Waals surface area contributed by atoms with Gasteiger partial charge in [-0.2, -0.15) is 0 Å². The van der Waals surface area contributed by atoms with Crippen molar-refractivity contribution in [3.63, 3.8) is 0 Å². The third-order valence-corrected chi connectivity index (χ3v) is 7.47. The Bertz CT molecular complexity index is 1240. The summed E-state index contributed by atoms with van der Waals surface area (Å²) in [5.41, 5.74) is 13.9. The van der Waals surface area contributed by atoms with Crippen molar-refractivity contribution < 1.29 is 0 Å². The molecule has 0 atom stereocenters. The standard InChI is InChI=1S/C29H26B2/c1-30(2)19-13-15-27-23(17-19)21-9-5-7-11-25(21)29(27)26-12-8-6-10-22(26)24-18-20(31(3)4)14-16-28(24)29/h5-18H,1-4H3. The Balaban J connectivity index is 1.77. The molecule has 0 unspecified atom stereocenters. The molecule has 0 aliphatic heterocycles. The van der Waals surface area contributed by atoms with E-state index in [0.717, 1.165) is 0 Å². The Hall–Kier alpha value is -2.99. The lowest BCUT2D eigenvalue weighted by Crippen LogP contribution is -2.28. The van der Waals surface area contributed by atoms with E-state index in [4.69, 9.17) is 0 Å². The number of benzene rings is 4. The van der Waals surface area contributed by atoms with E-state index in [9.17, 15) is 0 Å². The molecule has 0 fully saturated rings. The average Bonchev–Trinajstić information content (AvgIpc) is 3.25. The van der Waals surface area contributed by atoms with Crippen LogP contribution < -0.4 is 10.9 Å². The summed E-state index contributed by atoms with van der Waals surface area (Å²) in [6, 6.07) is 32.5. The topological polar surface area (TPSA) is 0 Å². The molecule has 0 bridgehead atoms. The summed E-state index contributed by atoms with van der Waals surface area (Å²) >= 11 is 0. The van der Waals surface area contributed by atoms with E-state index in [-0.39, 0.29) is 5.41 Å². The summed E-state index contributed by atoms with van der Waals surface area (Å²) in [5, 5.41) is 0. The SMILES string of the molecule is CB(C)c1ccc2c(c1)-c1ccccc1C21c2ccccc2-c2cc(B(C)C)ccc21. The highest BCUT2D eigenvalue weighted by atomic mass is 14.5. The first kappa shape index (κ1) is 18.8. The Labute approximate surface area is 186 Å². The van der Waals surface area contributed by atoms with Gasteiger partial charge in [0, 0.05) is 0 Å². The van der Waals surface area contributed by atoms with E-state index in [0.29, 0.717) is 13.4 Å². The first-order valence-electron chi connectivity index (χ1n) is 11.5. The minimum atomic E-state index is -0.219. The molecule has 4 aromatic rings. The smallest absolute Gasteiger partial charge is 0.0819 e. The number of rotatable bonds is 2. The van der Waals surface area contributed by atoms with Gasteiger partial charge in [0.05, 0.1) is 5.41 Å². The largest absolute Gasteiger partial charge is 0.169 e. The van der Waals surface area contributed by atoms with Gasteiger partial charge in [0.1, 0.15) is 0 Å². The fraction of sp³-hybridized carbons (Fsp3) is 0.172. The zero-order chi connectivity index (χ0) is 21.3. The molecule has 0 nitrogen and oxygen atoms in total. The lowest BCUT2D eigenvalue weighted by molar-refractivity contribution is 0.794. The normalized spacial score (nSPS) is 14.1. The van der Waals surface area contributed by atoms with Crippen molar-refractivity contribution in [3.05, 3.63) is 107 Å². The fourth-order valence-corrected chi connectivity index (χ4v) is 5.90. The van der Waals surface area contributed by atoms with Crippen LogP contribution in [0.4, 0.5) is 0 Å². The molecule has 0 radical (unpaired) electrons. The zero-order valence-corrected chi connectivity index (χ0v) is 18.7. The van der Waals surface area contributed by atoms with E-state index >= 15 is 0 Å². The highest BCUT2D eigenvalue weighted by molar-refractivity contribution is 6.71. The molecule has 0 saturated heterocycles. The third kappa shape index (κ3) is 2.34. The molecule has 0 amide bonds. The average molecular weight is 396 g/mol. The second-order valence-corrected chi connectivity index (χ2v) is 9.76. The quantitative estimate of drug-likeness (QED) is 0.317. The van der Waals surface area contributed by atoms with Crippen molar-refractivity contribution in [2.45, 2.75) is 32.7 Å². The highest BCUT2D eigenvalue weighted by Crippen LogP contribution is 2.62. The lowest BCUT2D eigenvalue weighted by atomic mass is 9.49. The van der Waals surface area contributed by atoms with E-state index in [1.54, 1.807) is 0 Å². The minimum absolute atomic E-state index is 0.219. The number of fused-ring (bicyclic) bond motifs is 10. The maximum Gasteiger partial charge on any atom is 0.169 e. The summed E-state index contributed by atoms with van der Waals surface area (Å²) in [5.74, 6) is 0. The van der Waals surface area contributed by atoms with Gasteiger partial charge < -0.3 is 0 Å². The molecule has 148 valence electrons. The first-order chi connectivity index (χ1) is 15.0. The zero-order valence-electron chi connectivity index (χ0n) is 18.7. The van der Waals surface area contributed by atoms with Gasteiger partial charge in [-0.1, -0.05) is 123 Å². The predicted octanol–water partition coefficient (Wildman–Crippen LogP) is 5.95. The lowest BCUT2D eigenvalue weighted by Gasteiger charge is -2.30. The van der Waals surface area contributed by atoms with Gasteiger partial charge in [0.15, 0.2) is 13.4 Å². The van der Waals surface area contributed by atoms with Crippen molar-refractivity contribution in [1.82, 2.24) is 0 Å². The van der Waals surface area contributed by atoms with Crippen LogP contribution in [0.3, 0.4) is 0 Å². The Kier molecular flexibility index (Phi) is 3.93. The monoisotopic (exact) mass is 396 g/mol. The van der Waals surface area contributed by atoms with Gasteiger partial charge in [0.2, 0.25) is 0 Å². The summed E-state index contributed by atoms with van der Waals surface area (Å²) < 4.78 is 0. The minimum Gasteiger partial charge on any atom is -0.0819 e. The number of hydrogen-bond acceptors (Lipinski definition) is 0. The molecule has 6 rings (SSSR count). The van der Waals surface area contributed by atoms with E-state index in [1.807, 2.05) is 0 Å². The van der Waals surface area contributed by atoms with Gasteiger partial charge in [-0.05, 0) is 44.5 Å². The summed E-state index contributed by atoms with van der Waals surface area (Å²) in [4.78, 5) is 0. The van der Waals surface area contributed by atoms with Gasteiger partial charge >= 0.3 is 0 Å². The van der Waals surface area contributed by atoms with E-state index in [1.165, 1.54) is 55.4 Å². The van der Waals surface area contributed by atoms with Crippen LogP contribution in [0, 0.1) is 0 Å². The second kappa shape index (κ2) is 6.50. The molecule has 2 heteroatoms. The Morgan fingerprint density at radius 2 is 0.839 bits per heavy atom. The third-order valence-electron chi connectivity index (χ3n) is 7.47. The molecule has 2 aliphatic carbocycles. The van der Waals surface area contributed by atoms with E-state index < -0.39 is 0 Å². The van der Waals surface area contributed by atoms with Crippen molar-refractivity contribution in [2.24, 2.45) is 0 Å². The van der Waals surface area contributed by atoms with Crippen LogP contribution in [0.25, 0.3) is 22.3 Å². The summed E-state index contributed by atoms with van der Waals surface area (Å²) in [6.07, 6.45) is 0. The van der Waals surface area contributed by atoms with Crippen molar-refractivity contribution in [2.75, 3.05) is 0 Å². The molecule has 0 saturated carbocycles. The Morgan fingerprint density at radius 3 is 1.26 bits per heavy atom. The van der Waals surface area contributed by atoms with Gasteiger partial charge in [0.25, 0.3) is 0 Å². The van der Waals surface area contributed by atoms with E-state index in [2.05, 4.69) is 112 Å². The first-order valence-corrected chi connectivity index (χ1v) is 11.5. The van der Waals surface area contributed by atoms with Crippen LogP contribution in [0.5, 0.6) is 0 Å². The van der Waals surface area contributed by atoms with Crippen LogP contribution in [0.1, 0.15) is 22.3 Å². The second-order valence-electron chi connectivity index (χ2n) is 9.76. The Morgan fingerprint density at radius 1 is 0.452 bits per heavy atom. The summed E-state index contributed by atoms with van der Waals surface area (Å²) in [7, 11) is 0. The van der Waals surface area contributed by atoms with Gasteiger partial charge in [-0.3, -0.25) is 0 Å². The molecular formula is C29H26B2. The van der Waals surface area contributed by atoms with Crippen LogP contribution >= 0.6 is 0 Å². The molecule has 0 heterocycles. The molecule has 0 aromatic heterocycles. The van der Waals surface area contributed by atoms with Crippen LogP contribution in [0.15, 0.2) is 84.9 Å². The van der Waals surface area contributed by atoms with Gasteiger partial charge in [-0.25, -0.2) is 0 Å².